The summed E-state index contributed by atoms with van der Waals surface area (Å²) in [5, 5.41) is 0. The van der Waals surface area contributed by atoms with Crippen LogP contribution < -0.4 is 0 Å². The smallest absolute Gasteiger partial charge is 0.338 e. The van der Waals surface area contributed by atoms with Crippen molar-refractivity contribution in [2.75, 3.05) is 19.6 Å². The highest BCUT2D eigenvalue weighted by Crippen LogP contribution is 2.25. The van der Waals surface area contributed by atoms with Crippen molar-refractivity contribution >= 4 is 23.7 Å². The minimum absolute atomic E-state index is 0.163. The van der Waals surface area contributed by atoms with Gasteiger partial charge in [-0.1, -0.05) is 26.7 Å². The molecule has 1 atom stereocenters. The molecule has 1 aromatic carbocycles. The number of nitrogens with zero attached hydrogens (tertiary/aromatic N) is 2. The number of imide groups is 1. The van der Waals surface area contributed by atoms with E-state index < -0.39 is 12.1 Å². The van der Waals surface area contributed by atoms with E-state index in [2.05, 4.69) is 0 Å². The molecular formula is C23H30N2O5. The Labute approximate surface area is 177 Å². The number of hydrogen-bond donors (Lipinski definition) is 0. The first-order chi connectivity index (χ1) is 14.3. The van der Waals surface area contributed by atoms with Gasteiger partial charge in [-0.15, -0.1) is 0 Å². The molecule has 0 spiro atoms. The van der Waals surface area contributed by atoms with Crippen molar-refractivity contribution in [2.45, 2.75) is 59.0 Å². The van der Waals surface area contributed by atoms with Crippen LogP contribution in [0.3, 0.4) is 0 Å². The maximum atomic E-state index is 12.7. The van der Waals surface area contributed by atoms with Crippen LogP contribution in [-0.2, 0) is 9.53 Å². The lowest BCUT2D eigenvalue weighted by atomic mass is 10.1. The molecule has 1 saturated heterocycles. The van der Waals surface area contributed by atoms with Crippen LogP contribution >= 0.6 is 0 Å². The molecule has 0 aliphatic carbocycles. The molecule has 0 saturated carbocycles. The van der Waals surface area contributed by atoms with E-state index in [-0.39, 0.29) is 28.8 Å². The molecule has 0 N–H and O–H groups in total. The van der Waals surface area contributed by atoms with Crippen LogP contribution in [0.1, 0.15) is 83.9 Å². The number of hydrogen-bond acceptors (Lipinski definition) is 5. The van der Waals surface area contributed by atoms with Gasteiger partial charge in [-0.05, 0) is 50.3 Å². The molecule has 1 aromatic rings. The third kappa shape index (κ3) is 4.71. The molecule has 7 nitrogen and oxygen atoms in total. The Morgan fingerprint density at radius 1 is 0.967 bits per heavy atom. The van der Waals surface area contributed by atoms with E-state index in [1.165, 1.54) is 23.1 Å². The van der Waals surface area contributed by atoms with Crippen molar-refractivity contribution in [3.8, 4) is 0 Å². The molecule has 0 unspecified atom stereocenters. The Hall–Kier alpha value is -2.70. The number of carbonyl (C=O) groups is 4. The Morgan fingerprint density at radius 3 is 2.23 bits per heavy atom. The van der Waals surface area contributed by atoms with Crippen LogP contribution in [0.4, 0.5) is 0 Å². The number of ether oxygens (including phenoxy) is 1. The Morgan fingerprint density at radius 2 is 1.60 bits per heavy atom. The molecular weight excluding hydrogens is 384 g/mol. The summed E-state index contributed by atoms with van der Waals surface area (Å²) in [4.78, 5) is 53.4. The van der Waals surface area contributed by atoms with Crippen LogP contribution in [0, 0.1) is 5.92 Å². The standard InChI is InChI=1S/C23H30N2O5/c1-15(2)10-13-25-21(27)18-9-8-17(14-19(18)22(25)28)23(29)30-16(3)20(26)24-11-6-4-5-7-12-24/h8-9,14-16H,4-7,10-13H2,1-3H3/t16-/m0/s1. The number of esters is 1. The summed E-state index contributed by atoms with van der Waals surface area (Å²) in [5.74, 6) is -1.23. The van der Waals surface area contributed by atoms with Gasteiger partial charge >= 0.3 is 5.97 Å². The second kappa shape index (κ2) is 9.41. The van der Waals surface area contributed by atoms with Crippen molar-refractivity contribution in [2.24, 2.45) is 5.92 Å². The van der Waals surface area contributed by atoms with Gasteiger partial charge in [0.25, 0.3) is 17.7 Å². The minimum Gasteiger partial charge on any atom is -0.449 e. The van der Waals surface area contributed by atoms with Gasteiger partial charge in [0, 0.05) is 19.6 Å². The van der Waals surface area contributed by atoms with Gasteiger partial charge in [0.2, 0.25) is 0 Å². The monoisotopic (exact) mass is 414 g/mol. The molecule has 0 aromatic heterocycles. The van der Waals surface area contributed by atoms with E-state index in [1.54, 1.807) is 11.8 Å². The summed E-state index contributed by atoms with van der Waals surface area (Å²) in [6, 6.07) is 4.36. The molecule has 3 amide bonds. The van der Waals surface area contributed by atoms with E-state index in [9.17, 15) is 19.2 Å². The van der Waals surface area contributed by atoms with Gasteiger partial charge in [-0.2, -0.15) is 0 Å². The largest absolute Gasteiger partial charge is 0.449 e. The van der Waals surface area contributed by atoms with Crippen molar-refractivity contribution in [3.63, 3.8) is 0 Å². The van der Waals surface area contributed by atoms with Gasteiger partial charge in [-0.3, -0.25) is 19.3 Å². The highest BCUT2D eigenvalue weighted by molar-refractivity contribution is 6.22. The lowest BCUT2D eigenvalue weighted by molar-refractivity contribution is -0.139. The van der Waals surface area contributed by atoms with E-state index >= 15 is 0 Å². The van der Waals surface area contributed by atoms with E-state index in [0.29, 0.717) is 31.1 Å². The van der Waals surface area contributed by atoms with Crippen LogP contribution in [0.2, 0.25) is 0 Å². The summed E-state index contributed by atoms with van der Waals surface area (Å²) >= 11 is 0. The number of rotatable bonds is 6. The molecule has 162 valence electrons. The number of amides is 3. The lowest BCUT2D eigenvalue weighted by Crippen LogP contribution is -2.40. The highest BCUT2D eigenvalue weighted by Gasteiger charge is 2.36. The average Bonchev–Trinajstić information content (AvgIpc) is 2.90. The summed E-state index contributed by atoms with van der Waals surface area (Å²) in [5.41, 5.74) is 0.676. The third-order valence-electron chi connectivity index (χ3n) is 5.69. The number of fused-ring (bicyclic) bond motifs is 1. The quantitative estimate of drug-likeness (QED) is 0.527. The van der Waals surface area contributed by atoms with Crippen LogP contribution in [-0.4, -0.2) is 59.2 Å². The average molecular weight is 415 g/mol. The predicted octanol–water partition coefficient (Wildman–Crippen LogP) is 3.28. The topological polar surface area (TPSA) is 84.0 Å². The fraction of sp³-hybridized carbons (Fsp3) is 0.565. The number of carbonyl (C=O) groups excluding carboxylic acids is 4. The van der Waals surface area contributed by atoms with Crippen LogP contribution in [0.15, 0.2) is 18.2 Å². The molecule has 7 heteroatoms. The molecule has 2 heterocycles. The molecule has 3 rings (SSSR count). The van der Waals surface area contributed by atoms with Crippen molar-refractivity contribution in [3.05, 3.63) is 34.9 Å². The maximum Gasteiger partial charge on any atom is 0.338 e. The van der Waals surface area contributed by atoms with Crippen molar-refractivity contribution in [1.82, 2.24) is 9.80 Å². The van der Waals surface area contributed by atoms with Gasteiger partial charge in [0.1, 0.15) is 0 Å². The summed E-state index contributed by atoms with van der Waals surface area (Å²) in [6.45, 7) is 7.34. The first-order valence-electron chi connectivity index (χ1n) is 10.8. The number of benzene rings is 1. The Balaban J connectivity index is 1.67. The fourth-order valence-electron chi connectivity index (χ4n) is 3.84. The highest BCUT2D eigenvalue weighted by atomic mass is 16.5. The molecule has 2 aliphatic rings. The Kier molecular flexibility index (Phi) is 6.90. The second-order valence-corrected chi connectivity index (χ2v) is 8.49. The zero-order valence-corrected chi connectivity index (χ0v) is 18.0. The van der Waals surface area contributed by atoms with E-state index in [0.717, 1.165) is 32.1 Å². The van der Waals surface area contributed by atoms with E-state index in [4.69, 9.17) is 4.74 Å². The van der Waals surface area contributed by atoms with E-state index in [1.807, 2.05) is 13.8 Å². The number of likely N-dealkylation sites (tertiary alicyclic amines) is 1. The van der Waals surface area contributed by atoms with Gasteiger partial charge < -0.3 is 9.64 Å². The Bertz CT molecular complexity index is 840. The maximum absolute atomic E-state index is 12.7. The zero-order chi connectivity index (χ0) is 21.8. The third-order valence-corrected chi connectivity index (χ3v) is 5.69. The SMILES string of the molecule is CC(C)CCN1C(=O)c2ccc(C(=O)O[C@@H](C)C(=O)N3CCCCCC3)cc2C1=O. The normalized spacial score (nSPS) is 17.7. The first-order valence-corrected chi connectivity index (χ1v) is 10.8. The minimum atomic E-state index is -0.899. The van der Waals surface area contributed by atoms with Gasteiger partial charge in [0.15, 0.2) is 6.10 Å². The van der Waals surface area contributed by atoms with Gasteiger partial charge in [-0.25, -0.2) is 4.79 Å². The molecule has 0 bridgehead atoms. The fourth-order valence-corrected chi connectivity index (χ4v) is 3.84. The second-order valence-electron chi connectivity index (χ2n) is 8.49. The lowest BCUT2D eigenvalue weighted by Gasteiger charge is -2.24. The molecule has 30 heavy (non-hydrogen) atoms. The van der Waals surface area contributed by atoms with Crippen molar-refractivity contribution < 1.29 is 23.9 Å². The first kappa shape index (κ1) is 22.0. The molecule has 1 fully saturated rings. The molecule has 2 aliphatic heterocycles. The summed E-state index contributed by atoms with van der Waals surface area (Å²) in [7, 11) is 0. The summed E-state index contributed by atoms with van der Waals surface area (Å²) < 4.78 is 5.38. The van der Waals surface area contributed by atoms with Crippen molar-refractivity contribution in [1.29, 1.82) is 0 Å². The summed E-state index contributed by atoms with van der Waals surface area (Å²) in [6.07, 6.45) is 3.95. The van der Waals surface area contributed by atoms with Crippen LogP contribution in [0.25, 0.3) is 0 Å². The predicted molar refractivity (Wildman–Crippen MR) is 111 cm³/mol. The zero-order valence-electron chi connectivity index (χ0n) is 18.0. The van der Waals surface area contributed by atoms with Gasteiger partial charge in [0.05, 0.1) is 16.7 Å². The molecule has 0 radical (unpaired) electrons. The van der Waals surface area contributed by atoms with Crippen LogP contribution in [0.5, 0.6) is 0 Å².